The predicted octanol–water partition coefficient (Wildman–Crippen LogP) is 1.93. The molecule has 1 atom stereocenters. The van der Waals surface area contributed by atoms with E-state index < -0.39 is 79.0 Å². The van der Waals surface area contributed by atoms with E-state index in [9.17, 15) is 64.8 Å². The van der Waals surface area contributed by atoms with Crippen LogP contribution in [-0.2, 0) is 39.0 Å². The number of halogens is 9. The Bertz CT molecular complexity index is 1100. The highest BCUT2D eigenvalue weighted by Gasteiger charge is 2.67. The summed E-state index contributed by atoms with van der Waals surface area (Å²) in [5.74, 6) is -4.06. The van der Waals surface area contributed by atoms with Crippen LogP contribution in [0.2, 0.25) is 0 Å². The van der Waals surface area contributed by atoms with E-state index in [2.05, 4.69) is 9.47 Å². The Labute approximate surface area is 168 Å². The first-order valence-electron chi connectivity index (χ1n) is 6.92. The van der Waals surface area contributed by atoms with Crippen molar-refractivity contribution in [3.63, 3.8) is 0 Å². The Morgan fingerprint density at radius 3 is 1.42 bits per heavy atom. The molecule has 0 bridgehead atoms. The molecule has 0 saturated heterocycles. The third-order valence-electron chi connectivity index (χ3n) is 3.78. The van der Waals surface area contributed by atoms with E-state index in [1.54, 1.807) is 0 Å². The molecule has 1 aliphatic carbocycles. The minimum atomic E-state index is -7.00. The first-order valence-corrected chi connectivity index (χ1v) is 11.4. The number of ether oxygens (including phenoxy) is 2. The molecule has 0 heterocycles. The Morgan fingerprint density at radius 1 is 0.742 bits per heavy atom. The summed E-state index contributed by atoms with van der Waals surface area (Å²) in [7, 11) is -20.4. The van der Waals surface area contributed by atoms with Crippen molar-refractivity contribution in [3.8, 4) is 0 Å². The normalized spacial score (nSPS) is 21.5. The van der Waals surface area contributed by atoms with Crippen LogP contribution in [0.5, 0.6) is 0 Å². The van der Waals surface area contributed by atoms with Gasteiger partial charge in [-0.2, -0.15) is 39.5 Å². The highest BCUT2D eigenvalue weighted by Crippen LogP contribution is 2.48. The zero-order valence-electron chi connectivity index (χ0n) is 14.6. The van der Waals surface area contributed by atoms with Gasteiger partial charge < -0.3 is 9.47 Å². The standard InChI is InChI=1S/C11H9F9O8S3/c1-27-8(28-2)6(30(23,24)10(15,16)17)3-5(29(21,22)9(12,13)14)4-7(8)31(25,26)11(18,19)20/h3-4,6H,1-2H3. The quantitative estimate of drug-likeness (QED) is 0.386. The highest BCUT2D eigenvalue weighted by atomic mass is 32.2. The molecule has 0 aromatic heterocycles. The lowest BCUT2D eigenvalue weighted by Gasteiger charge is -2.40. The van der Waals surface area contributed by atoms with Gasteiger partial charge in [-0.15, -0.1) is 0 Å². The van der Waals surface area contributed by atoms with Gasteiger partial charge in [0, 0.05) is 14.2 Å². The molecule has 31 heavy (non-hydrogen) atoms. The molecule has 1 rings (SSSR count). The van der Waals surface area contributed by atoms with Gasteiger partial charge in [0.05, 0.1) is 4.91 Å². The summed E-state index contributed by atoms with van der Waals surface area (Å²) in [5, 5.41) is -3.85. The van der Waals surface area contributed by atoms with E-state index in [4.69, 9.17) is 0 Å². The van der Waals surface area contributed by atoms with Crippen LogP contribution in [0.15, 0.2) is 22.0 Å². The fourth-order valence-electron chi connectivity index (χ4n) is 2.32. The molecule has 0 N–H and O–H groups in total. The Kier molecular flexibility index (Phi) is 6.77. The molecule has 8 nitrogen and oxygen atoms in total. The van der Waals surface area contributed by atoms with Gasteiger partial charge in [-0.1, -0.05) is 0 Å². The second kappa shape index (κ2) is 7.59. The van der Waals surface area contributed by atoms with Crippen LogP contribution in [0.25, 0.3) is 0 Å². The number of hydrogen-bond acceptors (Lipinski definition) is 8. The van der Waals surface area contributed by atoms with Crippen LogP contribution in [0.1, 0.15) is 0 Å². The molecular formula is C11H9F9O8S3. The van der Waals surface area contributed by atoms with E-state index in [1.165, 1.54) is 0 Å². The van der Waals surface area contributed by atoms with Crippen molar-refractivity contribution in [3.05, 3.63) is 22.0 Å². The number of methoxy groups -OCH3 is 2. The molecule has 182 valence electrons. The van der Waals surface area contributed by atoms with Gasteiger partial charge in [0.2, 0.25) is 5.79 Å². The van der Waals surface area contributed by atoms with Crippen molar-refractivity contribution >= 4 is 29.5 Å². The van der Waals surface area contributed by atoms with Crippen LogP contribution in [-0.4, -0.2) is 67.0 Å². The third kappa shape index (κ3) is 4.18. The minimum Gasteiger partial charge on any atom is -0.347 e. The van der Waals surface area contributed by atoms with Gasteiger partial charge in [-0.25, -0.2) is 25.3 Å². The lowest BCUT2D eigenvalue weighted by Crippen LogP contribution is -2.57. The van der Waals surface area contributed by atoms with Crippen LogP contribution in [0.3, 0.4) is 0 Å². The largest absolute Gasteiger partial charge is 0.501 e. The molecule has 0 amide bonds. The maximum Gasteiger partial charge on any atom is 0.501 e. The lowest BCUT2D eigenvalue weighted by atomic mass is 10.1. The lowest BCUT2D eigenvalue weighted by molar-refractivity contribution is -0.171. The summed E-state index contributed by atoms with van der Waals surface area (Å²) in [6.07, 6.45) is -1.60. The van der Waals surface area contributed by atoms with Crippen LogP contribution in [0.4, 0.5) is 39.5 Å². The van der Waals surface area contributed by atoms with Crippen LogP contribution >= 0.6 is 0 Å². The average molecular weight is 536 g/mol. The van der Waals surface area contributed by atoms with Crippen molar-refractivity contribution in [2.45, 2.75) is 27.6 Å². The smallest absolute Gasteiger partial charge is 0.347 e. The Balaban J connectivity index is 4.29. The number of hydrogen-bond donors (Lipinski definition) is 0. The van der Waals surface area contributed by atoms with Crippen molar-refractivity contribution < 1.29 is 74.2 Å². The molecule has 0 radical (unpaired) electrons. The summed E-state index contributed by atoms with van der Waals surface area (Å²) in [6.45, 7) is 0. The van der Waals surface area contributed by atoms with Crippen molar-refractivity contribution in [2.75, 3.05) is 14.2 Å². The van der Waals surface area contributed by atoms with Gasteiger partial charge in [0.25, 0.3) is 29.5 Å². The third-order valence-corrected chi connectivity index (χ3v) is 8.61. The fourth-order valence-corrected chi connectivity index (χ4v) is 5.95. The van der Waals surface area contributed by atoms with Gasteiger partial charge in [0.1, 0.15) is 10.2 Å². The molecule has 0 spiro atoms. The summed E-state index contributed by atoms with van der Waals surface area (Å²) in [4.78, 5) is -5.19. The molecule has 1 aliphatic rings. The summed E-state index contributed by atoms with van der Waals surface area (Å²) in [5.41, 5.74) is -19.2. The molecule has 0 fully saturated rings. The molecule has 0 aliphatic heterocycles. The summed E-state index contributed by atoms with van der Waals surface area (Å²) >= 11 is 0. The second-order valence-electron chi connectivity index (χ2n) is 5.46. The van der Waals surface area contributed by atoms with Gasteiger partial charge in [0.15, 0.2) is 0 Å². The Hall–Kier alpha value is -1.38. The van der Waals surface area contributed by atoms with E-state index in [0.29, 0.717) is 0 Å². The van der Waals surface area contributed by atoms with Crippen molar-refractivity contribution in [1.82, 2.24) is 0 Å². The van der Waals surface area contributed by atoms with E-state index in [-0.39, 0.29) is 14.2 Å². The monoisotopic (exact) mass is 536 g/mol. The highest BCUT2D eigenvalue weighted by molar-refractivity contribution is 7.97. The molecule has 0 saturated carbocycles. The second-order valence-corrected chi connectivity index (χ2v) is 11.4. The van der Waals surface area contributed by atoms with Crippen LogP contribution < -0.4 is 0 Å². The zero-order chi connectivity index (χ0) is 25.1. The van der Waals surface area contributed by atoms with E-state index in [1.807, 2.05) is 0 Å². The SMILES string of the molecule is COC1(OC)C(S(=O)(=O)C(F)(F)F)=CC(S(=O)(=O)C(F)(F)F)=CC1S(=O)(=O)C(F)(F)F. The summed E-state index contributed by atoms with van der Waals surface area (Å²) in [6, 6.07) is 0. The molecule has 0 aromatic rings. The number of rotatable bonds is 5. The molecular weight excluding hydrogens is 527 g/mol. The number of alkyl halides is 9. The molecule has 20 heteroatoms. The Morgan fingerprint density at radius 2 is 1.13 bits per heavy atom. The predicted molar refractivity (Wildman–Crippen MR) is 81.6 cm³/mol. The van der Waals surface area contributed by atoms with Gasteiger partial charge >= 0.3 is 16.5 Å². The van der Waals surface area contributed by atoms with Crippen molar-refractivity contribution in [2.24, 2.45) is 0 Å². The first kappa shape index (κ1) is 27.7. The van der Waals surface area contributed by atoms with E-state index in [0.717, 1.165) is 0 Å². The van der Waals surface area contributed by atoms with Gasteiger partial charge in [-0.05, 0) is 12.2 Å². The molecule has 0 aromatic carbocycles. The van der Waals surface area contributed by atoms with Crippen LogP contribution in [0, 0.1) is 0 Å². The maximum absolute atomic E-state index is 13.1. The topological polar surface area (TPSA) is 121 Å². The number of sulfone groups is 3. The zero-order valence-corrected chi connectivity index (χ0v) is 17.1. The molecule has 1 unspecified atom stereocenters. The summed E-state index contributed by atoms with van der Waals surface area (Å²) < 4.78 is 196. The fraction of sp³-hybridized carbons (Fsp3) is 0.636. The van der Waals surface area contributed by atoms with Gasteiger partial charge in [-0.3, -0.25) is 0 Å². The minimum absolute atomic E-state index is 0.180. The van der Waals surface area contributed by atoms with E-state index >= 15 is 0 Å². The van der Waals surface area contributed by atoms with Crippen molar-refractivity contribution in [1.29, 1.82) is 0 Å². The maximum atomic E-state index is 13.1. The first-order chi connectivity index (χ1) is 13.4. The number of allylic oxidation sites excluding steroid dienone is 1. The average Bonchev–Trinajstić information content (AvgIpc) is 2.57.